The molecular formula is C13H22O3. The summed E-state index contributed by atoms with van der Waals surface area (Å²) in [5.74, 6) is 0. The molecule has 0 aliphatic carbocycles. The highest BCUT2D eigenvalue weighted by Crippen LogP contribution is 1.91. The summed E-state index contributed by atoms with van der Waals surface area (Å²) in [5, 5.41) is 0. The van der Waals surface area contributed by atoms with Crippen LogP contribution in [0, 0.1) is 0 Å². The van der Waals surface area contributed by atoms with E-state index in [1.807, 2.05) is 12.2 Å². The fourth-order valence-electron chi connectivity index (χ4n) is 0.882. The van der Waals surface area contributed by atoms with Gasteiger partial charge in [0.2, 0.25) is 0 Å². The lowest BCUT2D eigenvalue weighted by atomic mass is 10.4. The second-order valence-corrected chi connectivity index (χ2v) is 3.10. The Bertz CT molecular complexity index is 197. The van der Waals surface area contributed by atoms with Crippen LogP contribution in [0.5, 0.6) is 0 Å². The molecule has 0 unspecified atom stereocenters. The second-order valence-electron chi connectivity index (χ2n) is 3.10. The lowest BCUT2D eigenvalue weighted by molar-refractivity contribution is 0.236. The largest absolute Gasteiger partial charge is 0.502 e. The molecule has 0 rings (SSSR count). The summed E-state index contributed by atoms with van der Waals surface area (Å²) in [5.41, 5.74) is 0. The van der Waals surface area contributed by atoms with E-state index in [4.69, 9.17) is 14.2 Å². The first-order valence-corrected chi connectivity index (χ1v) is 5.67. The van der Waals surface area contributed by atoms with Gasteiger partial charge < -0.3 is 14.2 Å². The second kappa shape index (κ2) is 13.6. The van der Waals surface area contributed by atoms with Gasteiger partial charge in [-0.3, -0.25) is 0 Å². The van der Waals surface area contributed by atoms with Gasteiger partial charge in [0.15, 0.2) is 0 Å². The molecule has 0 spiro atoms. The molecular weight excluding hydrogens is 204 g/mol. The first-order valence-electron chi connectivity index (χ1n) is 5.67. The third-order valence-electron chi connectivity index (χ3n) is 1.63. The highest BCUT2D eigenvalue weighted by molar-refractivity contribution is 4.76. The molecule has 0 saturated heterocycles. The van der Waals surface area contributed by atoms with Crippen molar-refractivity contribution in [2.45, 2.75) is 26.2 Å². The van der Waals surface area contributed by atoms with Crippen LogP contribution in [-0.4, -0.2) is 19.8 Å². The molecule has 3 heteroatoms. The molecule has 0 aromatic carbocycles. The normalized spacial score (nSPS) is 10.8. The van der Waals surface area contributed by atoms with Crippen LogP contribution < -0.4 is 0 Å². The molecule has 0 aromatic rings. The highest BCUT2D eigenvalue weighted by atomic mass is 16.5. The standard InChI is InChI=1S/C13H22O3/c1-3-9-15-11-7-8-13-16-12-6-5-10-14-4-2/h4,6-7,11-12H,2-3,5,8-10,13H2,1H3/b11-7+,12-6+. The molecule has 0 aliphatic heterocycles. The molecule has 3 nitrogen and oxygen atoms in total. The zero-order valence-electron chi connectivity index (χ0n) is 10.1. The average molecular weight is 226 g/mol. The molecule has 0 heterocycles. The van der Waals surface area contributed by atoms with Crippen molar-refractivity contribution in [2.75, 3.05) is 19.8 Å². The Morgan fingerprint density at radius 3 is 2.00 bits per heavy atom. The molecule has 0 bridgehead atoms. The Balaban J connectivity index is 3.13. The van der Waals surface area contributed by atoms with Crippen LogP contribution in [0.2, 0.25) is 0 Å². The highest BCUT2D eigenvalue weighted by Gasteiger charge is 1.81. The van der Waals surface area contributed by atoms with E-state index in [1.165, 1.54) is 6.26 Å². The SMILES string of the molecule is C=COCC/C=C/OCC/C=C/OCCC. The number of ether oxygens (including phenoxy) is 3. The summed E-state index contributed by atoms with van der Waals surface area (Å²) in [7, 11) is 0. The molecule has 0 atom stereocenters. The number of hydrogen-bond donors (Lipinski definition) is 0. The van der Waals surface area contributed by atoms with Gasteiger partial charge in [-0.05, 0) is 18.6 Å². The monoisotopic (exact) mass is 226 g/mol. The van der Waals surface area contributed by atoms with Gasteiger partial charge in [0.25, 0.3) is 0 Å². The van der Waals surface area contributed by atoms with Crippen molar-refractivity contribution in [2.24, 2.45) is 0 Å². The van der Waals surface area contributed by atoms with Crippen LogP contribution >= 0.6 is 0 Å². The molecule has 0 aliphatic rings. The average Bonchev–Trinajstić information content (AvgIpc) is 2.31. The lowest BCUT2D eigenvalue weighted by Crippen LogP contribution is -1.87. The van der Waals surface area contributed by atoms with Gasteiger partial charge in [0, 0.05) is 12.8 Å². The predicted molar refractivity (Wildman–Crippen MR) is 65.9 cm³/mol. The van der Waals surface area contributed by atoms with Crippen LogP contribution in [-0.2, 0) is 14.2 Å². The topological polar surface area (TPSA) is 27.7 Å². The van der Waals surface area contributed by atoms with E-state index in [0.29, 0.717) is 13.2 Å². The number of rotatable bonds is 11. The van der Waals surface area contributed by atoms with E-state index in [1.54, 1.807) is 12.5 Å². The Labute approximate surface area is 98.4 Å². The quantitative estimate of drug-likeness (QED) is 0.399. The minimum atomic E-state index is 0.647. The molecule has 16 heavy (non-hydrogen) atoms. The molecule has 0 N–H and O–H groups in total. The summed E-state index contributed by atoms with van der Waals surface area (Å²) in [6.45, 7) is 7.63. The van der Waals surface area contributed by atoms with Gasteiger partial charge in [0.05, 0.1) is 38.6 Å². The van der Waals surface area contributed by atoms with Crippen molar-refractivity contribution in [3.8, 4) is 0 Å². The molecule has 92 valence electrons. The van der Waals surface area contributed by atoms with Crippen molar-refractivity contribution >= 4 is 0 Å². The van der Waals surface area contributed by atoms with Gasteiger partial charge >= 0.3 is 0 Å². The van der Waals surface area contributed by atoms with Crippen molar-refractivity contribution < 1.29 is 14.2 Å². The van der Waals surface area contributed by atoms with Crippen molar-refractivity contribution in [1.82, 2.24) is 0 Å². The molecule has 0 aromatic heterocycles. The summed E-state index contributed by atoms with van der Waals surface area (Å²) >= 11 is 0. The van der Waals surface area contributed by atoms with E-state index in [2.05, 4.69) is 13.5 Å². The Hall–Kier alpha value is -1.38. The van der Waals surface area contributed by atoms with Crippen LogP contribution in [0.15, 0.2) is 37.5 Å². The van der Waals surface area contributed by atoms with E-state index in [-0.39, 0.29) is 0 Å². The maximum Gasteiger partial charge on any atom is 0.0908 e. The summed E-state index contributed by atoms with van der Waals surface area (Å²) in [6.07, 6.45) is 11.5. The minimum absolute atomic E-state index is 0.647. The fourth-order valence-corrected chi connectivity index (χ4v) is 0.882. The van der Waals surface area contributed by atoms with Crippen LogP contribution in [0.25, 0.3) is 0 Å². The summed E-state index contributed by atoms with van der Waals surface area (Å²) < 4.78 is 15.4. The van der Waals surface area contributed by atoms with Crippen molar-refractivity contribution in [3.05, 3.63) is 37.5 Å². The van der Waals surface area contributed by atoms with Gasteiger partial charge in [-0.25, -0.2) is 0 Å². The van der Waals surface area contributed by atoms with Crippen LogP contribution in [0.3, 0.4) is 0 Å². The number of hydrogen-bond acceptors (Lipinski definition) is 3. The van der Waals surface area contributed by atoms with E-state index < -0.39 is 0 Å². The van der Waals surface area contributed by atoms with Gasteiger partial charge in [-0.2, -0.15) is 0 Å². The van der Waals surface area contributed by atoms with Crippen LogP contribution in [0.4, 0.5) is 0 Å². The Morgan fingerprint density at radius 2 is 1.44 bits per heavy atom. The van der Waals surface area contributed by atoms with E-state index in [9.17, 15) is 0 Å². The lowest BCUT2D eigenvalue weighted by Gasteiger charge is -1.98. The van der Waals surface area contributed by atoms with Gasteiger partial charge in [-0.1, -0.05) is 13.5 Å². The van der Waals surface area contributed by atoms with Gasteiger partial charge in [-0.15, -0.1) is 0 Å². The van der Waals surface area contributed by atoms with Gasteiger partial charge in [0.1, 0.15) is 0 Å². The summed E-state index contributed by atoms with van der Waals surface area (Å²) in [6, 6.07) is 0. The van der Waals surface area contributed by atoms with Crippen LogP contribution in [0.1, 0.15) is 26.2 Å². The smallest absolute Gasteiger partial charge is 0.0908 e. The van der Waals surface area contributed by atoms with E-state index in [0.717, 1.165) is 25.9 Å². The third-order valence-corrected chi connectivity index (χ3v) is 1.63. The predicted octanol–water partition coefficient (Wildman–Crippen LogP) is 3.40. The Morgan fingerprint density at radius 1 is 0.875 bits per heavy atom. The first-order chi connectivity index (χ1) is 7.91. The Kier molecular flexibility index (Phi) is 12.4. The zero-order valence-corrected chi connectivity index (χ0v) is 10.1. The molecule has 0 amide bonds. The van der Waals surface area contributed by atoms with E-state index >= 15 is 0 Å². The third kappa shape index (κ3) is 12.6. The molecule has 0 radical (unpaired) electrons. The van der Waals surface area contributed by atoms with Crippen molar-refractivity contribution in [1.29, 1.82) is 0 Å². The summed E-state index contributed by atoms with van der Waals surface area (Å²) in [4.78, 5) is 0. The minimum Gasteiger partial charge on any atom is -0.502 e. The molecule has 0 saturated carbocycles. The maximum absolute atomic E-state index is 5.25. The molecule has 0 fully saturated rings. The first kappa shape index (κ1) is 14.6. The maximum atomic E-state index is 5.25. The fraction of sp³-hybridized carbons (Fsp3) is 0.538. The van der Waals surface area contributed by atoms with Crippen molar-refractivity contribution in [3.63, 3.8) is 0 Å². The zero-order chi connectivity index (χ0) is 11.9.